The van der Waals surface area contributed by atoms with Gasteiger partial charge in [0.25, 0.3) is 5.90 Å². The maximum Gasteiger partial charge on any atom is 0.254 e. The van der Waals surface area contributed by atoms with Gasteiger partial charge >= 0.3 is 0 Å². The highest BCUT2D eigenvalue weighted by atomic mass is 16.5. The van der Waals surface area contributed by atoms with E-state index in [0.717, 1.165) is 23.5 Å². The van der Waals surface area contributed by atoms with Crippen LogP contribution in [0.4, 0.5) is 0 Å². The summed E-state index contributed by atoms with van der Waals surface area (Å²) in [6.07, 6.45) is 2.63. The largest absolute Gasteiger partial charge is 0.473 e. The third-order valence-corrected chi connectivity index (χ3v) is 2.46. The van der Waals surface area contributed by atoms with Gasteiger partial charge in [-0.2, -0.15) is 0 Å². The molecule has 0 bridgehead atoms. The summed E-state index contributed by atoms with van der Waals surface area (Å²) < 4.78 is 11.2. The second-order valence-electron chi connectivity index (χ2n) is 4.72. The second kappa shape index (κ2) is 3.81. The van der Waals surface area contributed by atoms with Gasteiger partial charge in [-0.1, -0.05) is 6.08 Å². The van der Waals surface area contributed by atoms with Gasteiger partial charge < -0.3 is 9.15 Å². The Hall–Kier alpha value is -1.51. The molecule has 0 saturated carbocycles. The summed E-state index contributed by atoms with van der Waals surface area (Å²) >= 11 is 0. The van der Waals surface area contributed by atoms with Crippen molar-refractivity contribution >= 4 is 5.90 Å². The lowest BCUT2D eigenvalue weighted by Gasteiger charge is -2.07. The van der Waals surface area contributed by atoms with E-state index in [0.29, 0.717) is 12.5 Å². The average molecular weight is 219 g/mol. The number of hydrogen-bond donors (Lipinski definition) is 0. The topological polar surface area (TPSA) is 34.7 Å². The molecule has 0 radical (unpaired) electrons. The molecule has 2 heterocycles. The highest BCUT2D eigenvalue weighted by molar-refractivity contribution is 5.94. The summed E-state index contributed by atoms with van der Waals surface area (Å²) in [5, 5.41) is 0. The van der Waals surface area contributed by atoms with E-state index in [1.54, 1.807) is 0 Å². The van der Waals surface area contributed by atoms with Gasteiger partial charge in [0.05, 0.1) is 5.54 Å². The molecule has 0 N–H and O–H groups in total. The Balaban J connectivity index is 2.37. The average Bonchev–Trinajstić information content (AvgIpc) is 2.70. The minimum absolute atomic E-state index is 0.151. The second-order valence-corrected chi connectivity index (χ2v) is 4.72. The van der Waals surface area contributed by atoms with Gasteiger partial charge in [0, 0.05) is 5.56 Å². The van der Waals surface area contributed by atoms with Crippen LogP contribution in [0, 0.1) is 6.92 Å². The number of rotatable bonds is 3. The molecule has 2 rings (SSSR count). The minimum Gasteiger partial charge on any atom is -0.473 e. The molecule has 0 amide bonds. The Kier molecular flexibility index (Phi) is 2.62. The minimum atomic E-state index is -0.151. The summed E-state index contributed by atoms with van der Waals surface area (Å²) in [6.45, 7) is 10.4. The standard InChI is InChI=1S/C13H17NO2/c1-5-6-10-7-9(2)16-11(10)12-14-13(3,4)8-15-12/h5,7H,1,6,8H2,2-4H3. The number of aliphatic imine (C=N–C) groups is 1. The smallest absolute Gasteiger partial charge is 0.254 e. The molecule has 3 heteroatoms. The first-order chi connectivity index (χ1) is 7.52. The maximum atomic E-state index is 5.64. The number of nitrogens with zero attached hydrogens (tertiary/aromatic N) is 1. The van der Waals surface area contributed by atoms with Crippen molar-refractivity contribution in [3.8, 4) is 0 Å². The summed E-state index contributed by atoms with van der Waals surface area (Å²) in [6, 6.07) is 2.01. The van der Waals surface area contributed by atoms with Crippen LogP contribution in [0.25, 0.3) is 0 Å². The summed E-state index contributed by atoms with van der Waals surface area (Å²) in [4.78, 5) is 4.51. The van der Waals surface area contributed by atoms with Crippen LogP contribution in [0.5, 0.6) is 0 Å². The molecule has 1 aromatic heterocycles. The Morgan fingerprint density at radius 3 is 2.88 bits per heavy atom. The first-order valence-corrected chi connectivity index (χ1v) is 5.45. The summed E-state index contributed by atoms with van der Waals surface area (Å²) in [7, 11) is 0. The van der Waals surface area contributed by atoms with E-state index in [1.807, 2.05) is 32.9 Å². The lowest BCUT2D eigenvalue weighted by Crippen LogP contribution is -2.17. The third kappa shape index (κ3) is 2.03. The number of allylic oxidation sites excluding steroid dienone is 1. The zero-order chi connectivity index (χ0) is 11.8. The van der Waals surface area contributed by atoms with Gasteiger partial charge in [-0.15, -0.1) is 6.58 Å². The predicted octanol–water partition coefficient (Wildman–Crippen LogP) is 2.87. The fourth-order valence-corrected chi connectivity index (χ4v) is 1.76. The van der Waals surface area contributed by atoms with Gasteiger partial charge in [-0.3, -0.25) is 0 Å². The van der Waals surface area contributed by atoms with Gasteiger partial charge in [-0.05, 0) is 33.3 Å². The van der Waals surface area contributed by atoms with Crippen molar-refractivity contribution in [2.24, 2.45) is 4.99 Å². The van der Waals surface area contributed by atoms with Crippen LogP contribution in [0.2, 0.25) is 0 Å². The molecule has 86 valence electrons. The molecular formula is C13H17NO2. The normalized spacial score (nSPS) is 18.1. The molecule has 3 nitrogen and oxygen atoms in total. The Morgan fingerprint density at radius 1 is 1.56 bits per heavy atom. The monoisotopic (exact) mass is 219 g/mol. The molecule has 0 saturated heterocycles. The molecule has 0 aromatic carbocycles. The van der Waals surface area contributed by atoms with Crippen molar-refractivity contribution in [1.29, 1.82) is 0 Å². The molecule has 0 atom stereocenters. The van der Waals surface area contributed by atoms with E-state index >= 15 is 0 Å². The first-order valence-electron chi connectivity index (χ1n) is 5.45. The van der Waals surface area contributed by atoms with Crippen LogP contribution < -0.4 is 0 Å². The van der Waals surface area contributed by atoms with Crippen molar-refractivity contribution in [3.05, 3.63) is 35.8 Å². The molecule has 16 heavy (non-hydrogen) atoms. The van der Waals surface area contributed by atoms with Gasteiger partial charge in [0.15, 0.2) is 5.76 Å². The van der Waals surface area contributed by atoms with E-state index in [9.17, 15) is 0 Å². The van der Waals surface area contributed by atoms with Crippen molar-refractivity contribution in [2.45, 2.75) is 32.7 Å². The van der Waals surface area contributed by atoms with Crippen LogP contribution in [0.15, 0.2) is 28.1 Å². The highest BCUT2D eigenvalue weighted by Crippen LogP contribution is 2.24. The van der Waals surface area contributed by atoms with Gasteiger partial charge in [0.2, 0.25) is 0 Å². The predicted molar refractivity (Wildman–Crippen MR) is 63.9 cm³/mol. The molecule has 1 aliphatic rings. The van der Waals surface area contributed by atoms with Crippen LogP contribution in [-0.4, -0.2) is 18.0 Å². The van der Waals surface area contributed by atoms with Crippen LogP contribution in [0.3, 0.4) is 0 Å². The molecule has 1 aromatic rings. The van der Waals surface area contributed by atoms with Crippen LogP contribution in [0.1, 0.15) is 30.9 Å². The van der Waals surface area contributed by atoms with Crippen LogP contribution >= 0.6 is 0 Å². The van der Waals surface area contributed by atoms with E-state index < -0.39 is 0 Å². The molecule has 0 fully saturated rings. The van der Waals surface area contributed by atoms with Gasteiger partial charge in [-0.25, -0.2) is 4.99 Å². The van der Waals surface area contributed by atoms with E-state index in [1.165, 1.54) is 0 Å². The molecule has 1 aliphatic heterocycles. The lowest BCUT2D eigenvalue weighted by molar-refractivity contribution is 0.275. The quantitative estimate of drug-likeness (QED) is 0.733. The van der Waals surface area contributed by atoms with Crippen molar-refractivity contribution in [2.75, 3.05) is 6.61 Å². The molecule has 0 unspecified atom stereocenters. The van der Waals surface area contributed by atoms with Crippen molar-refractivity contribution in [3.63, 3.8) is 0 Å². The SMILES string of the molecule is C=CCc1cc(C)oc1C1=NC(C)(C)CO1. The third-order valence-electron chi connectivity index (χ3n) is 2.46. The van der Waals surface area contributed by atoms with Crippen LogP contribution in [-0.2, 0) is 11.2 Å². The zero-order valence-corrected chi connectivity index (χ0v) is 10.0. The van der Waals surface area contributed by atoms with E-state index in [4.69, 9.17) is 9.15 Å². The summed E-state index contributed by atoms with van der Waals surface area (Å²) in [5.41, 5.74) is 0.936. The number of aryl methyl sites for hydroxylation is 1. The fourth-order valence-electron chi connectivity index (χ4n) is 1.76. The highest BCUT2D eigenvalue weighted by Gasteiger charge is 2.30. The molecule has 0 spiro atoms. The molecular weight excluding hydrogens is 202 g/mol. The number of ether oxygens (including phenoxy) is 1. The first kappa shape index (κ1) is 11.0. The Labute approximate surface area is 95.8 Å². The van der Waals surface area contributed by atoms with Crippen molar-refractivity contribution < 1.29 is 9.15 Å². The molecule has 0 aliphatic carbocycles. The van der Waals surface area contributed by atoms with E-state index in [2.05, 4.69) is 11.6 Å². The Bertz CT molecular complexity index is 441. The lowest BCUT2D eigenvalue weighted by atomic mass is 10.1. The summed E-state index contributed by atoms with van der Waals surface area (Å²) in [5.74, 6) is 2.25. The number of hydrogen-bond acceptors (Lipinski definition) is 3. The van der Waals surface area contributed by atoms with Gasteiger partial charge in [0.1, 0.15) is 12.4 Å². The maximum absolute atomic E-state index is 5.64. The zero-order valence-electron chi connectivity index (χ0n) is 10.0. The fraction of sp³-hybridized carbons (Fsp3) is 0.462. The Morgan fingerprint density at radius 2 is 2.31 bits per heavy atom. The number of furan rings is 1. The van der Waals surface area contributed by atoms with E-state index in [-0.39, 0.29) is 5.54 Å². The van der Waals surface area contributed by atoms with Crippen molar-refractivity contribution in [1.82, 2.24) is 0 Å².